The number of piperazine rings is 1. The standard InChI is InChI=1S/C30H38F3N5O9S/c1-4-45-27(41)29(10-6-11-29)47-24-18-23(35-22-17-19(3)7-8-20(22)24)25(39)36-21(9-12-34-48(43,44)30(31,32)33)26(40)37-13-15-38(16-14-37)28(42)46-5-2/h7-8,17-18,21,34H,4-6,9-16H2,1-3H3,(H,36,39). The predicted molar refractivity (Wildman–Crippen MR) is 164 cm³/mol. The fourth-order valence-electron chi connectivity index (χ4n) is 5.28. The van der Waals surface area contributed by atoms with Gasteiger partial charge in [0, 0.05) is 44.2 Å². The highest BCUT2D eigenvalue weighted by Crippen LogP contribution is 2.40. The fraction of sp³-hybridized carbons (Fsp3) is 0.567. The molecule has 1 atom stereocenters. The zero-order valence-corrected chi connectivity index (χ0v) is 27.5. The van der Waals surface area contributed by atoms with Gasteiger partial charge in [-0.25, -0.2) is 27.7 Å². The minimum atomic E-state index is -5.72. The smallest absolute Gasteiger partial charge is 0.475 e. The lowest BCUT2D eigenvalue weighted by Crippen LogP contribution is -2.56. The second kappa shape index (κ2) is 14.9. The topological polar surface area (TPSA) is 174 Å². The summed E-state index contributed by atoms with van der Waals surface area (Å²) in [5.41, 5.74) is -5.92. The Morgan fingerprint density at radius 3 is 2.23 bits per heavy atom. The number of carbonyl (C=O) groups excluding carboxylic acids is 4. The molecule has 1 saturated heterocycles. The van der Waals surface area contributed by atoms with E-state index in [0.29, 0.717) is 30.2 Å². The van der Waals surface area contributed by atoms with E-state index in [9.17, 15) is 40.8 Å². The Morgan fingerprint density at radius 1 is 1.00 bits per heavy atom. The third-order valence-electron chi connectivity index (χ3n) is 8.02. The molecule has 18 heteroatoms. The van der Waals surface area contributed by atoms with Crippen molar-refractivity contribution in [3.8, 4) is 5.75 Å². The first-order chi connectivity index (χ1) is 22.6. The molecule has 1 aromatic carbocycles. The normalized spacial score (nSPS) is 16.9. The Kier molecular flexibility index (Phi) is 11.4. The number of pyridine rings is 1. The number of nitrogens with one attached hydrogen (secondary N) is 2. The number of hydrogen-bond donors (Lipinski definition) is 2. The second-order valence-corrected chi connectivity index (χ2v) is 13.1. The number of ether oxygens (including phenoxy) is 3. The van der Waals surface area contributed by atoms with Crippen LogP contribution < -0.4 is 14.8 Å². The van der Waals surface area contributed by atoms with Crippen LogP contribution in [0.15, 0.2) is 24.3 Å². The van der Waals surface area contributed by atoms with Crippen LogP contribution in [0.4, 0.5) is 18.0 Å². The number of aryl methyl sites for hydroxylation is 1. The van der Waals surface area contributed by atoms with Crippen LogP contribution >= 0.6 is 0 Å². The Labute approximate surface area is 275 Å². The average molecular weight is 702 g/mol. The predicted octanol–water partition coefficient (Wildman–Crippen LogP) is 2.64. The van der Waals surface area contributed by atoms with E-state index < -0.39 is 64.0 Å². The Hall–Kier alpha value is -4.19. The molecule has 1 unspecified atom stereocenters. The van der Waals surface area contributed by atoms with Gasteiger partial charge in [0.2, 0.25) is 11.5 Å². The Bertz CT molecular complexity index is 1640. The number of fused-ring (bicyclic) bond motifs is 1. The lowest BCUT2D eigenvalue weighted by Gasteiger charge is -2.39. The minimum Gasteiger partial charge on any atom is -0.475 e. The maximum absolute atomic E-state index is 13.7. The van der Waals surface area contributed by atoms with Gasteiger partial charge in [-0.15, -0.1) is 0 Å². The lowest BCUT2D eigenvalue weighted by atomic mass is 9.80. The van der Waals surface area contributed by atoms with E-state index in [2.05, 4.69) is 10.3 Å². The third kappa shape index (κ3) is 8.26. The van der Waals surface area contributed by atoms with Crippen molar-refractivity contribution in [3.05, 3.63) is 35.5 Å². The number of alkyl halides is 3. The monoisotopic (exact) mass is 701 g/mol. The highest BCUT2D eigenvalue weighted by Gasteiger charge is 2.49. The molecule has 1 aromatic heterocycles. The summed E-state index contributed by atoms with van der Waals surface area (Å²) in [6.07, 6.45) is 0.371. The van der Waals surface area contributed by atoms with E-state index >= 15 is 0 Å². The van der Waals surface area contributed by atoms with Crippen LogP contribution in [0.2, 0.25) is 0 Å². The number of benzene rings is 1. The number of nitrogens with zero attached hydrogens (tertiary/aromatic N) is 3. The van der Waals surface area contributed by atoms with Gasteiger partial charge in [0.25, 0.3) is 5.91 Å². The lowest BCUT2D eigenvalue weighted by molar-refractivity contribution is -0.169. The Balaban J connectivity index is 1.60. The highest BCUT2D eigenvalue weighted by molar-refractivity contribution is 7.90. The van der Waals surface area contributed by atoms with E-state index in [1.807, 2.05) is 0 Å². The van der Waals surface area contributed by atoms with Crippen molar-refractivity contribution in [2.75, 3.05) is 45.9 Å². The molecule has 0 spiro atoms. The van der Waals surface area contributed by atoms with Crippen LogP contribution in [-0.4, -0.2) is 110 Å². The zero-order chi connectivity index (χ0) is 35.3. The van der Waals surface area contributed by atoms with E-state index in [0.717, 1.165) is 5.56 Å². The fourth-order valence-corrected chi connectivity index (χ4v) is 5.83. The van der Waals surface area contributed by atoms with Crippen molar-refractivity contribution in [2.45, 2.75) is 63.6 Å². The summed E-state index contributed by atoms with van der Waals surface area (Å²) in [6.45, 7) is 4.83. The highest BCUT2D eigenvalue weighted by atomic mass is 32.2. The number of esters is 1. The SMILES string of the molecule is CCOC(=O)N1CCN(C(=O)C(CCNS(=O)(=O)C(F)(F)F)NC(=O)c2cc(OC3(C(=O)OCC)CCC3)c3ccc(C)cc3n2)CC1. The van der Waals surface area contributed by atoms with Gasteiger partial charge in [0.05, 0.1) is 18.7 Å². The summed E-state index contributed by atoms with van der Waals surface area (Å²) in [6, 6.07) is 5.03. The number of hydrogen-bond acceptors (Lipinski definition) is 10. The van der Waals surface area contributed by atoms with Gasteiger partial charge in [-0.2, -0.15) is 13.2 Å². The number of amides is 3. The first-order valence-corrected chi connectivity index (χ1v) is 16.9. The Morgan fingerprint density at radius 2 is 1.65 bits per heavy atom. The molecule has 48 heavy (non-hydrogen) atoms. The summed E-state index contributed by atoms with van der Waals surface area (Å²) in [7, 11) is -5.72. The maximum atomic E-state index is 13.7. The van der Waals surface area contributed by atoms with Crippen molar-refractivity contribution >= 4 is 44.8 Å². The molecule has 4 rings (SSSR count). The van der Waals surface area contributed by atoms with E-state index in [-0.39, 0.29) is 50.8 Å². The van der Waals surface area contributed by atoms with Gasteiger partial charge in [-0.3, -0.25) is 9.59 Å². The zero-order valence-electron chi connectivity index (χ0n) is 26.7. The number of aromatic nitrogens is 1. The molecular weight excluding hydrogens is 663 g/mol. The minimum absolute atomic E-state index is 0.0275. The molecule has 2 fully saturated rings. The van der Waals surface area contributed by atoms with Crippen molar-refractivity contribution in [1.29, 1.82) is 0 Å². The van der Waals surface area contributed by atoms with Crippen LogP contribution in [0.25, 0.3) is 10.9 Å². The van der Waals surface area contributed by atoms with Crippen LogP contribution in [0.1, 0.15) is 55.6 Å². The number of carbonyl (C=O) groups is 4. The molecule has 0 bridgehead atoms. The molecule has 1 aliphatic carbocycles. The molecule has 1 saturated carbocycles. The molecule has 1 aliphatic heterocycles. The third-order valence-corrected chi connectivity index (χ3v) is 9.22. The molecule has 2 N–H and O–H groups in total. The van der Waals surface area contributed by atoms with Crippen molar-refractivity contribution in [2.24, 2.45) is 0 Å². The van der Waals surface area contributed by atoms with Gasteiger partial charge >= 0.3 is 27.6 Å². The van der Waals surface area contributed by atoms with E-state index in [1.165, 1.54) is 20.6 Å². The molecule has 2 aliphatic rings. The van der Waals surface area contributed by atoms with Gasteiger partial charge < -0.3 is 29.3 Å². The molecular formula is C30H38F3N5O9S. The van der Waals surface area contributed by atoms with Crippen LogP contribution in [0.5, 0.6) is 5.75 Å². The van der Waals surface area contributed by atoms with E-state index in [4.69, 9.17) is 14.2 Å². The van der Waals surface area contributed by atoms with Gasteiger partial charge in [-0.05, 0) is 64.2 Å². The van der Waals surface area contributed by atoms with Crippen LogP contribution in [0, 0.1) is 6.92 Å². The van der Waals surface area contributed by atoms with Crippen molar-refractivity contribution in [1.82, 2.24) is 24.8 Å². The summed E-state index contributed by atoms with van der Waals surface area (Å²) < 4.78 is 79.9. The summed E-state index contributed by atoms with van der Waals surface area (Å²) >= 11 is 0. The maximum Gasteiger partial charge on any atom is 0.511 e. The first-order valence-electron chi connectivity index (χ1n) is 15.5. The van der Waals surface area contributed by atoms with Crippen LogP contribution in [-0.2, 0) is 29.1 Å². The van der Waals surface area contributed by atoms with Crippen molar-refractivity contribution < 1.29 is 55.0 Å². The van der Waals surface area contributed by atoms with E-state index in [1.54, 1.807) is 39.0 Å². The summed E-state index contributed by atoms with van der Waals surface area (Å²) in [4.78, 5) is 59.3. The first kappa shape index (κ1) is 36.6. The van der Waals surface area contributed by atoms with Crippen LogP contribution in [0.3, 0.4) is 0 Å². The molecule has 3 amide bonds. The number of sulfonamides is 1. The molecule has 264 valence electrons. The molecule has 0 radical (unpaired) electrons. The molecule has 2 heterocycles. The quantitative estimate of drug-likeness (QED) is 0.313. The molecule has 2 aromatic rings. The largest absolute Gasteiger partial charge is 0.511 e. The van der Waals surface area contributed by atoms with Crippen molar-refractivity contribution in [3.63, 3.8) is 0 Å². The number of rotatable bonds is 12. The summed E-state index contributed by atoms with van der Waals surface area (Å²) in [5.74, 6) is -1.99. The van der Waals surface area contributed by atoms with Gasteiger partial charge in [0.15, 0.2) is 0 Å². The second-order valence-electron chi connectivity index (χ2n) is 11.4. The van der Waals surface area contributed by atoms with Gasteiger partial charge in [0.1, 0.15) is 17.5 Å². The molecule has 14 nitrogen and oxygen atoms in total. The average Bonchev–Trinajstić information content (AvgIpc) is 3.01. The summed E-state index contributed by atoms with van der Waals surface area (Å²) in [5, 5.41) is 2.99. The number of halogens is 3. The van der Waals surface area contributed by atoms with Gasteiger partial charge in [-0.1, -0.05) is 6.07 Å².